The third-order valence-electron chi connectivity index (χ3n) is 1.32. The van der Waals surface area contributed by atoms with E-state index in [1.165, 1.54) is 0 Å². The van der Waals surface area contributed by atoms with Crippen molar-refractivity contribution in [2.24, 2.45) is 5.84 Å². The second-order valence-electron chi connectivity index (χ2n) is 2.20. The predicted octanol–water partition coefficient (Wildman–Crippen LogP) is 0.681. The largest absolute Gasteiger partial charge is 0.310 e. The molecule has 0 aliphatic rings. The van der Waals surface area contributed by atoms with Gasteiger partial charge in [0.05, 0.1) is 5.02 Å². The number of hydrazine groups is 1. The number of rotatable bonds is 0. The molecule has 0 saturated carbocycles. The van der Waals surface area contributed by atoms with E-state index in [0.29, 0.717) is 10.6 Å². The maximum atomic E-state index is 10.6. The van der Waals surface area contributed by atoms with E-state index in [1.807, 2.05) is 5.43 Å². The molecule has 1 aromatic carbocycles. The first-order valence-corrected chi connectivity index (χ1v) is 3.89. The molecule has 0 aliphatic heterocycles. The summed E-state index contributed by atoms with van der Waals surface area (Å²) < 4.78 is 0. The molecule has 0 fully saturated rings. The van der Waals surface area contributed by atoms with Crippen molar-refractivity contribution in [1.82, 2.24) is 5.43 Å². The Labute approximate surface area is 80.9 Å². The van der Waals surface area contributed by atoms with Gasteiger partial charge in [0.15, 0.2) is 0 Å². The molecule has 1 amide bonds. The van der Waals surface area contributed by atoms with E-state index in [9.17, 15) is 4.79 Å². The SMILES string of the molecule is NNC(=O)C#Cc1ccccc1Cl. The summed E-state index contributed by atoms with van der Waals surface area (Å²) in [6, 6.07) is 7.00. The van der Waals surface area contributed by atoms with Gasteiger partial charge in [0.25, 0.3) is 0 Å². The Morgan fingerprint density at radius 3 is 2.77 bits per heavy atom. The number of nitrogens with two attached hydrogens (primary N) is 1. The van der Waals surface area contributed by atoms with Gasteiger partial charge in [-0.15, -0.1) is 0 Å². The molecule has 13 heavy (non-hydrogen) atoms. The Hall–Kier alpha value is -1.50. The van der Waals surface area contributed by atoms with Crippen molar-refractivity contribution in [2.75, 3.05) is 0 Å². The fraction of sp³-hybridized carbons (Fsp3) is 0. The molecule has 0 saturated heterocycles. The molecule has 3 nitrogen and oxygen atoms in total. The van der Waals surface area contributed by atoms with Gasteiger partial charge in [-0.1, -0.05) is 29.7 Å². The van der Waals surface area contributed by atoms with Crippen LogP contribution < -0.4 is 11.3 Å². The monoisotopic (exact) mass is 194 g/mol. The van der Waals surface area contributed by atoms with Crippen LogP contribution in [-0.4, -0.2) is 5.91 Å². The van der Waals surface area contributed by atoms with Gasteiger partial charge in [0, 0.05) is 11.5 Å². The zero-order valence-corrected chi connectivity index (χ0v) is 7.43. The fourth-order valence-electron chi connectivity index (χ4n) is 0.723. The molecule has 1 rings (SSSR count). The Balaban J connectivity index is 2.89. The van der Waals surface area contributed by atoms with Crippen LogP contribution in [0.15, 0.2) is 24.3 Å². The normalized spacial score (nSPS) is 8.46. The topological polar surface area (TPSA) is 55.1 Å². The minimum atomic E-state index is -0.542. The summed E-state index contributed by atoms with van der Waals surface area (Å²) in [5, 5.41) is 0.514. The average Bonchev–Trinajstić information content (AvgIpc) is 2.16. The minimum absolute atomic E-state index is 0.514. The van der Waals surface area contributed by atoms with Crippen LogP contribution >= 0.6 is 11.6 Å². The summed E-state index contributed by atoms with van der Waals surface area (Å²) in [6.07, 6.45) is 0. The zero-order chi connectivity index (χ0) is 9.68. The van der Waals surface area contributed by atoms with Crippen LogP contribution in [0.3, 0.4) is 0 Å². The lowest BCUT2D eigenvalue weighted by molar-refractivity contribution is -0.115. The molecule has 1 aromatic rings. The maximum Gasteiger partial charge on any atom is 0.310 e. The summed E-state index contributed by atoms with van der Waals surface area (Å²) in [4.78, 5) is 10.6. The number of carbonyl (C=O) groups is 1. The number of carbonyl (C=O) groups excluding carboxylic acids is 1. The van der Waals surface area contributed by atoms with Gasteiger partial charge >= 0.3 is 5.91 Å². The van der Waals surface area contributed by atoms with Gasteiger partial charge in [-0.2, -0.15) is 0 Å². The van der Waals surface area contributed by atoms with Crippen LogP contribution in [0, 0.1) is 11.8 Å². The van der Waals surface area contributed by atoms with E-state index in [4.69, 9.17) is 17.4 Å². The summed E-state index contributed by atoms with van der Waals surface area (Å²) in [5.41, 5.74) is 2.50. The van der Waals surface area contributed by atoms with Crippen molar-refractivity contribution in [2.45, 2.75) is 0 Å². The molecule has 0 heterocycles. The van der Waals surface area contributed by atoms with Crippen molar-refractivity contribution >= 4 is 17.5 Å². The first-order valence-electron chi connectivity index (χ1n) is 3.51. The Morgan fingerprint density at radius 2 is 2.15 bits per heavy atom. The fourth-order valence-corrected chi connectivity index (χ4v) is 0.906. The van der Waals surface area contributed by atoms with Crippen LogP contribution in [0.25, 0.3) is 0 Å². The number of halogens is 1. The highest BCUT2D eigenvalue weighted by molar-refractivity contribution is 6.31. The molecule has 0 atom stereocenters. The number of benzene rings is 1. The highest BCUT2D eigenvalue weighted by Gasteiger charge is 1.93. The van der Waals surface area contributed by atoms with E-state index in [2.05, 4.69) is 11.8 Å². The third kappa shape index (κ3) is 2.79. The summed E-state index contributed by atoms with van der Waals surface area (Å²) in [7, 11) is 0. The maximum absolute atomic E-state index is 10.6. The lowest BCUT2D eigenvalue weighted by Gasteiger charge is -1.92. The first-order chi connectivity index (χ1) is 6.24. The molecule has 0 aromatic heterocycles. The smallest absolute Gasteiger partial charge is 0.283 e. The van der Waals surface area contributed by atoms with Crippen molar-refractivity contribution in [1.29, 1.82) is 0 Å². The first kappa shape index (κ1) is 9.59. The van der Waals surface area contributed by atoms with Crippen molar-refractivity contribution in [3.8, 4) is 11.8 Å². The average molecular weight is 195 g/mol. The van der Waals surface area contributed by atoms with Gasteiger partial charge in [0.2, 0.25) is 0 Å². The number of hydrogen-bond donors (Lipinski definition) is 2. The van der Waals surface area contributed by atoms with Gasteiger partial charge < -0.3 is 0 Å². The third-order valence-corrected chi connectivity index (χ3v) is 1.65. The molecule has 3 N–H and O–H groups in total. The highest BCUT2D eigenvalue weighted by atomic mass is 35.5. The van der Waals surface area contributed by atoms with Crippen LogP contribution in [0.5, 0.6) is 0 Å². The molecular weight excluding hydrogens is 188 g/mol. The van der Waals surface area contributed by atoms with Crippen LogP contribution in [0.4, 0.5) is 0 Å². The van der Waals surface area contributed by atoms with Gasteiger partial charge in [0.1, 0.15) is 0 Å². The van der Waals surface area contributed by atoms with Gasteiger partial charge in [-0.05, 0) is 12.1 Å². The number of amides is 1. The second kappa shape index (κ2) is 4.51. The van der Waals surface area contributed by atoms with Crippen LogP contribution in [-0.2, 0) is 4.79 Å². The summed E-state index contributed by atoms with van der Waals surface area (Å²) in [6.45, 7) is 0. The Kier molecular flexibility index (Phi) is 3.32. The lowest BCUT2D eigenvalue weighted by atomic mass is 10.2. The second-order valence-corrected chi connectivity index (χ2v) is 2.61. The zero-order valence-electron chi connectivity index (χ0n) is 6.67. The number of nitrogens with one attached hydrogen (secondary N) is 1. The van der Waals surface area contributed by atoms with Crippen molar-refractivity contribution in [3.63, 3.8) is 0 Å². The summed E-state index contributed by atoms with van der Waals surface area (Å²) in [5.74, 6) is 9.17. The quantitative estimate of drug-likeness (QED) is 0.276. The molecule has 66 valence electrons. The standard InChI is InChI=1S/C9H7ClN2O/c10-8-4-2-1-3-7(8)5-6-9(13)12-11/h1-4H,11H2,(H,12,13). The van der Waals surface area contributed by atoms with Gasteiger partial charge in [-0.3, -0.25) is 10.2 Å². The molecular formula is C9H7ClN2O. The lowest BCUT2D eigenvalue weighted by Crippen LogP contribution is -2.28. The van der Waals surface area contributed by atoms with Crippen LogP contribution in [0.2, 0.25) is 5.02 Å². The van der Waals surface area contributed by atoms with E-state index in [1.54, 1.807) is 24.3 Å². The molecule has 0 unspecified atom stereocenters. The van der Waals surface area contributed by atoms with E-state index in [-0.39, 0.29) is 0 Å². The molecule has 0 bridgehead atoms. The Morgan fingerprint density at radius 1 is 1.46 bits per heavy atom. The number of hydrogen-bond acceptors (Lipinski definition) is 2. The minimum Gasteiger partial charge on any atom is -0.283 e. The van der Waals surface area contributed by atoms with Crippen molar-refractivity contribution in [3.05, 3.63) is 34.9 Å². The Bertz CT molecular complexity index is 379. The molecule has 0 radical (unpaired) electrons. The molecule has 0 spiro atoms. The predicted molar refractivity (Wildman–Crippen MR) is 50.7 cm³/mol. The molecule has 4 heteroatoms. The summed E-state index contributed by atoms with van der Waals surface area (Å²) >= 11 is 5.79. The van der Waals surface area contributed by atoms with Crippen molar-refractivity contribution < 1.29 is 4.79 Å². The van der Waals surface area contributed by atoms with E-state index >= 15 is 0 Å². The highest BCUT2D eigenvalue weighted by Crippen LogP contribution is 2.12. The van der Waals surface area contributed by atoms with E-state index < -0.39 is 5.91 Å². The van der Waals surface area contributed by atoms with Gasteiger partial charge in [-0.25, -0.2) is 5.84 Å². The van der Waals surface area contributed by atoms with E-state index in [0.717, 1.165) is 0 Å². The molecule has 0 aliphatic carbocycles. The van der Waals surface area contributed by atoms with Crippen LogP contribution in [0.1, 0.15) is 5.56 Å².